The van der Waals surface area contributed by atoms with E-state index in [9.17, 15) is 14.4 Å². The number of amides is 3. The van der Waals surface area contributed by atoms with E-state index in [1.165, 1.54) is 4.90 Å². The predicted molar refractivity (Wildman–Crippen MR) is 59.1 cm³/mol. The average molecular weight is 243 g/mol. The summed E-state index contributed by atoms with van der Waals surface area (Å²) in [5, 5.41) is 11.1. The molecule has 0 aromatic carbocycles. The highest BCUT2D eigenvalue weighted by Crippen LogP contribution is 2.19. The van der Waals surface area contributed by atoms with Crippen LogP contribution in [-0.4, -0.2) is 47.5 Å². The lowest BCUT2D eigenvalue weighted by molar-refractivity contribution is -0.138. The maximum atomic E-state index is 11.6. The van der Waals surface area contributed by atoms with Crippen molar-refractivity contribution in [1.82, 2.24) is 10.2 Å². The fourth-order valence-electron chi connectivity index (χ4n) is 1.94. The number of nitrogens with zero attached hydrogens (tertiary/aromatic N) is 1. The average Bonchev–Trinajstić information content (AvgIpc) is 2.25. The zero-order chi connectivity index (χ0) is 12.8. The number of piperidine rings is 1. The second kappa shape index (κ2) is 6.07. The summed E-state index contributed by atoms with van der Waals surface area (Å²) in [6.45, 7) is 0.802. The Hall–Kier alpha value is -1.79. The van der Waals surface area contributed by atoms with Gasteiger partial charge in [0.25, 0.3) is 0 Å². The summed E-state index contributed by atoms with van der Waals surface area (Å²) in [5.41, 5.74) is 4.91. The molecule has 1 unspecified atom stereocenters. The normalized spacial score (nSPS) is 19.8. The van der Waals surface area contributed by atoms with Gasteiger partial charge in [-0.3, -0.25) is 9.59 Å². The Morgan fingerprint density at radius 3 is 2.71 bits per heavy atom. The third kappa shape index (κ3) is 4.71. The first-order chi connectivity index (χ1) is 7.99. The van der Waals surface area contributed by atoms with Crippen LogP contribution in [0.2, 0.25) is 0 Å². The number of carbonyl (C=O) groups is 3. The number of primary amides is 1. The first-order valence-corrected chi connectivity index (χ1v) is 5.52. The molecule has 1 rings (SSSR count). The second-order valence-corrected chi connectivity index (χ2v) is 4.18. The molecule has 0 aromatic rings. The highest BCUT2D eigenvalue weighted by atomic mass is 16.4. The molecule has 1 saturated heterocycles. The van der Waals surface area contributed by atoms with Gasteiger partial charge in [0.15, 0.2) is 0 Å². The molecule has 1 fully saturated rings. The van der Waals surface area contributed by atoms with Gasteiger partial charge in [0.2, 0.25) is 5.91 Å². The molecule has 0 saturated carbocycles. The van der Waals surface area contributed by atoms with E-state index in [0.717, 1.165) is 12.8 Å². The summed E-state index contributed by atoms with van der Waals surface area (Å²) in [5.74, 6) is -1.47. The molecule has 0 aliphatic carbocycles. The minimum atomic E-state index is -0.852. The number of hydrogen-bond acceptors (Lipinski definition) is 3. The van der Waals surface area contributed by atoms with Gasteiger partial charge in [-0.25, -0.2) is 4.79 Å². The van der Waals surface area contributed by atoms with Crippen LogP contribution in [0.5, 0.6) is 0 Å². The van der Waals surface area contributed by atoms with Crippen molar-refractivity contribution in [2.45, 2.75) is 19.3 Å². The molecule has 1 heterocycles. The summed E-state index contributed by atoms with van der Waals surface area (Å²) >= 11 is 0. The van der Waals surface area contributed by atoms with E-state index in [-0.39, 0.29) is 24.9 Å². The number of carbonyl (C=O) groups excluding carboxylic acids is 2. The first kappa shape index (κ1) is 13.3. The van der Waals surface area contributed by atoms with Crippen molar-refractivity contribution in [1.29, 1.82) is 0 Å². The van der Waals surface area contributed by atoms with Gasteiger partial charge >= 0.3 is 12.0 Å². The molecule has 0 spiro atoms. The zero-order valence-electron chi connectivity index (χ0n) is 9.52. The molecular formula is C10H17N3O4. The minimum Gasteiger partial charge on any atom is -0.481 e. The monoisotopic (exact) mass is 243 g/mol. The lowest BCUT2D eigenvalue weighted by Crippen LogP contribution is -2.47. The van der Waals surface area contributed by atoms with E-state index in [1.54, 1.807) is 0 Å². The van der Waals surface area contributed by atoms with E-state index in [4.69, 9.17) is 10.8 Å². The number of aliphatic carboxylic acids is 1. The molecule has 1 aliphatic rings. The Morgan fingerprint density at radius 1 is 1.41 bits per heavy atom. The van der Waals surface area contributed by atoms with Gasteiger partial charge in [-0.05, 0) is 18.8 Å². The Morgan fingerprint density at radius 2 is 2.12 bits per heavy atom. The first-order valence-electron chi connectivity index (χ1n) is 5.52. The minimum absolute atomic E-state index is 0.0134. The Labute approximate surface area is 98.9 Å². The largest absolute Gasteiger partial charge is 0.481 e. The molecule has 0 bridgehead atoms. The van der Waals surface area contributed by atoms with Gasteiger partial charge in [-0.2, -0.15) is 0 Å². The highest BCUT2D eigenvalue weighted by Gasteiger charge is 2.25. The maximum Gasteiger partial charge on any atom is 0.317 e. The number of hydrogen-bond donors (Lipinski definition) is 3. The van der Waals surface area contributed by atoms with E-state index in [2.05, 4.69) is 5.32 Å². The lowest BCUT2D eigenvalue weighted by Gasteiger charge is -2.31. The molecule has 1 aliphatic heterocycles. The SMILES string of the molecule is NC(=O)CNC(=O)N1CCCC(CC(=O)O)C1. The second-order valence-electron chi connectivity index (χ2n) is 4.18. The maximum absolute atomic E-state index is 11.6. The molecule has 4 N–H and O–H groups in total. The molecule has 17 heavy (non-hydrogen) atoms. The van der Waals surface area contributed by atoms with Crippen molar-refractivity contribution in [3.8, 4) is 0 Å². The van der Waals surface area contributed by atoms with Crippen molar-refractivity contribution in [2.75, 3.05) is 19.6 Å². The molecule has 0 aromatic heterocycles. The van der Waals surface area contributed by atoms with Crippen LogP contribution in [0.25, 0.3) is 0 Å². The van der Waals surface area contributed by atoms with E-state index < -0.39 is 11.9 Å². The van der Waals surface area contributed by atoms with Gasteiger partial charge in [-0.1, -0.05) is 0 Å². The van der Waals surface area contributed by atoms with Gasteiger partial charge in [-0.15, -0.1) is 0 Å². The number of likely N-dealkylation sites (tertiary alicyclic amines) is 1. The fourth-order valence-corrected chi connectivity index (χ4v) is 1.94. The van der Waals surface area contributed by atoms with Crippen molar-refractivity contribution in [3.63, 3.8) is 0 Å². The van der Waals surface area contributed by atoms with Gasteiger partial charge in [0, 0.05) is 19.5 Å². The quantitative estimate of drug-likeness (QED) is 0.610. The molecule has 1 atom stereocenters. The van der Waals surface area contributed by atoms with E-state index in [1.807, 2.05) is 0 Å². The molecule has 7 nitrogen and oxygen atoms in total. The third-order valence-corrected chi connectivity index (χ3v) is 2.68. The van der Waals surface area contributed by atoms with E-state index >= 15 is 0 Å². The summed E-state index contributed by atoms with van der Waals surface area (Å²) in [6.07, 6.45) is 1.66. The van der Waals surface area contributed by atoms with Crippen molar-refractivity contribution >= 4 is 17.9 Å². The summed E-state index contributed by atoms with van der Waals surface area (Å²) in [7, 11) is 0. The number of nitrogens with one attached hydrogen (secondary N) is 1. The van der Waals surface area contributed by atoms with Gasteiger partial charge < -0.3 is 21.1 Å². The van der Waals surface area contributed by atoms with Crippen LogP contribution in [0.3, 0.4) is 0 Å². The number of urea groups is 1. The Bertz CT molecular complexity index is 319. The smallest absolute Gasteiger partial charge is 0.317 e. The summed E-state index contributed by atoms with van der Waals surface area (Å²) < 4.78 is 0. The van der Waals surface area contributed by atoms with Crippen molar-refractivity contribution < 1.29 is 19.5 Å². The van der Waals surface area contributed by atoms with Crippen molar-refractivity contribution in [2.24, 2.45) is 11.7 Å². The zero-order valence-corrected chi connectivity index (χ0v) is 9.52. The Kier molecular flexibility index (Phi) is 4.74. The number of carboxylic acids is 1. The lowest BCUT2D eigenvalue weighted by atomic mass is 9.95. The fraction of sp³-hybridized carbons (Fsp3) is 0.700. The standard InChI is InChI=1S/C10H17N3O4/c11-8(14)5-12-10(17)13-3-1-2-7(6-13)4-9(15)16/h7H,1-6H2,(H2,11,14)(H,12,17)(H,15,16). The summed E-state index contributed by atoms with van der Waals surface area (Å²) in [4.78, 5) is 34.2. The van der Waals surface area contributed by atoms with E-state index in [0.29, 0.717) is 13.1 Å². The third-order valence-electron chi connectivity index (χ3n) is 2.68. The summed E-state index contributed by atoms with van der Waals surface area (Å²) in [6, 6.07) is -0.362. The highest BCUT2D eigenvalue weighted by molar-refractivity contribution is 5.82. The Balaban J connectivity index is 2.40. The van der Waals surface area contributed by atoms with Crippen LogP contribution in [-0.2, 0) is 9.59 Å². The van der Waals surface area contributed by atoms with Crippen LogP contribution < -0.4 is 11.1 Å². The van der Waals surface area contributed by atoms with Crippen LogP contribution in [0.4, 0.5) is 4.79 Å². The molecule has 0 radical (unpaired) electrons. The van der Waals surface area contributed by atoms with Gasteiger partial charge in [0.05, 0.1) is 6.54 Å². The van der Waals surface area contributed by atoms with Crippen LogP contribution in [0, 0.1) is 5.92 Å². The molecule has 96 valence electrons. The number of rotatable bonds is 4. The van der Waals surface area contributed by atoms with Crippen LogP contribution in [0.15, 0.2) is 0 Å². The van der Waals surface area contributed by atoms with Crippen LogP contribution in [0.1, 0.15) is 19.3 Å². The molecule has 3 amide bonds. The van der Waals surface area contributed by atoms with Crippen molar-refractivity contribution in [3.05, 3.63) is 0 Å². The predicted octanol–water partition coefficient (Wildman–Crippen LogP) is -0.632. The van der Waals surface area contributed by atoms with Crippen LogP contribution >= 0.6 is 0 Å². The molecule has 7 heteroatoms. The number of carboxylic acid groups (broad SMARTS) is 1. The molecular weight excluding hydrogens is 226 g/mol. The number of nitrogens with two attached hydrogens (primary N) is 1. The topological polar surface area (TPSA) is 113 Å². The van der Waals surface area contributed by atoms with Gasteiger partial charge in [0.1, 0.15) is 0 Å².